The zero-order chi connectivity index (χ0) is 15.5. The zero-order valence-electron chi connectivity index (χ0n) is 11.9. The fourth-order valence-corrected chi connectivity index (χ4v) is 2.63. The summed E-state index contributed by atoms with van der Waals surface area (Å²) in [5.74, 6) is 0. The minimum Gasteiger partial charge on any atom is -0.411 e. The number of oxime groups is 1. The summed E-state index contributed by atoms with van der Waals surface area (Å²) in [7, 11) is -3.32. The Bertz CT molecular complexity index is 735. The first-order chi connectivity index (χ1) is 9.93. The third-order valence-electron chi connectivity index (χ3n) is 3.42. The summed E-state index contributed by atoms with van der Waals surface area (Å²) >= 11 is 0. The molecule has 0 amide bonds. The van der Waals surface area contributed by atoms with E-state index in [9.17, 15) is 8.42 Å². The Morgan fingerprint density at radius 1 is 1.00 bits per heavy atom. The highest BCUT2D eigenvalue weighted by Crippen LogP contribution is 2.20. The van der Waals surface area contributed by atoms with Gasteiger partial charge in [-0.05, 0) is 18.1 Å². The topological polar surface area (TPSA) is 66.7 Å². The first kappa shape index (κ1) is 15.3. The molecule has 0 aliphatic rings. The number of hydrogen-bond acceptors (Lipinski definition) is 4. The second-order valence-corrected chi connectivity index (χ2v) is 7.27. The van der Waals surface area contributed by atoms with Crippen LogP contribution in [0.4, 0.5) is 0 Å². The van der Waals surface area contributed by atoms with Gasteiger partial charge in [0.15, 0.2) is 9.84 Å². The molecule has 110 valence electrons. The van der Waals surface area contributed by atoms with Gasteiger partial charge < -0.3 is 5.21 Å². The van der Waals surface area contributed by atoms with E-state index in [0.717, 1.165) is 17.4 Å². The molecule has 0 saturated heterocycles. The Morgan fingerprint density at radius 2 is 1.52 bits per heavy atom. The van der Waals surface area contributed by atoms with E-state index in [4.69, 9.17) is 5.21 Å². The molecule has 0 radical (unpaired) electrons. The van der Waals surface area contributed by atoms with Crippen molar-refractivity contribution in [2.24, 2.45) is 5.16 Å². The maximum Gasteiger partial charge on any atom is 0.155 e. The van der Waals surface area contributed by atoms with Crippen LogP contribution < -0.4 is 0 Å². The van der Waals surface area contributed by atoms with E-state index in [-0.39, 0.29) is 5.71 Å². The van der Waals surface area contributed by atoms with Crippen molar-refractivity contribution in [3.05, 3.63) is 60.2 Å². The van der Waals surface area contributed by atoms with Gasteiger partial charge in [-0.3, -0.25) is 0 Å². The van der Waals surface area contributed by atoms with Gasteiger partial charge in [-0.1, -0.05) is 59.8 Å². The average molecular weight is 303 g/mol. The second kappa shape index (κ2) is 6.10. The Labute approximate surface area is 124 Å². The molecule has 2 aromatic carbocycles. The van der Waals surface area contributed by atoms with Crippen LogP contribution in [0.15, 0.2) is 59.8 Å². The van der Waals surface area contributed by atoms with Crippen molar-refractivity contribution in [3.63, 3.8) is 0 Å². The van der Waals surface area contributed by atoms with Gasteiger partial charge in [0.2, 0.25) is 0 Å². The summed E-state index contributed by atoms with van der Waals surface area (Å²) in [6.45, 7) is 1.51. The van der Waals surface area contributed by atoms with Crippen LogP contribution in [0.25, 0.3) is 11.1 Å². The van der Waals surface area contributed by atoms with E-state index in [1.165, 1.54) is 6.92 Å². The summed E-state index contributed by atoms with van der Waals surface area (Å²) in [4.78, 5) is 0. The molecule has 2 rings (SSSR count). The summed E-state index contributed by atoms with van der Waals surface area (Å²) in [6, 6.07) is 17.1. The third-order valence-corrected chi connectivity index (χ3v) is 4.93. The molecule has 0 heterocycles. The lowest BCUT2D eigenvalue weighted by Crippen LogP contribution is -2.27. The fourth-order valence-electron chi connectivity index (χ4n) is 2.04. The predicted octanol–water partition coefficient (Wildman–Crippen LogP) is 2.97. The van der Waals surface area contributed by atoms with E-state index in [0.29, 0.717) is 5.56 Å². The average Bonchev–Trinajstić information content (AvgIpc) is 2.48. The zero-order valence-corrected chi connectivity index (χ0v) is 12.7. The first-order valence-electron chi connectivity index (χ1n) is 6.50. The Balaban J connectivity index is 2.35. The standard InChI is InChI=1S/C16H17NO3S/c1-12(21(2,19)20)16(17-18)15-10-8-14(9-11-15)13-6-4-3-5-7-13/h3-12,18H,1-2H3/b17-16-. The first-order valence-corrected chi connectivity index (χ1v) is 8.45. The molecule has 1 unspecified atom stereocenters. The smallest absolute Gasteiger partial charge is 0.155 e. The SMILES string of the molecule is CC(/C(=N/O)c1ccc(-c2ccccc2)cc1)S(C)(=O)=O. The molecule has 4 nitrogen and oxygen atoms in total. The van der Waals surface area contributed by atoms with Crippen LogP contribution in [-0.2, 0) is 9.84 Å². The molecular formula is C16H17NO3S. The van der Waals surface area contributed by atoms with E-state index >= 15 is 0 Å². The number of benzene rings is 2. The van der Waals surface area contributed by atoms with Gasteiger partial charge in [-0.25, -0.2) is 8.42 Å². The normalized spacial score (nSPS) is 13.9. The van der Waals surface area contributed by atoms with Crippen LogP contribution in [0.1, 0.15) is 12.5 Å². The molecule has 0 aliphatic carbocycles. The predicted molar refractivity (Wildman–Crippen MR) is 84.5 cm³/mol. The Kier molecular flexibility index (Phi) is 4.43. The number of sulfone groups is 1. The lowest BCUT2D eigenvalue weighted by molar-refractivity contribution is 0.318. The van der Waals surface area contributed by atoms with Crippen molar-refractivity contribution >= 4 is 15.5 Å². The summed E-state index contributed by atoms with van der Waals surface area (Å²) in [5.41, 5.74) is 2.83. The summed E-state index contributed by atoms with van der Waals surface area (Å²) in [6.07, 6.45) is 1.13. The highest BCUT2D eigenvalue weighted by atomic mass is 32.2. The van der Waals surface area contributed by atoms with Crippen LogP contribution in [0.5, 0.6) is 0 Å². The number of hydrogen-bond donors (Lipinski definition) is 1. The molecule has 1 N–H and O–H groups in total. The molecule has 5 heteroatoms. The number of nitrogens with zero attached hydrogens (tertiary/aromatic N) is 1. The second-order valence-electron chi connectivity index (χ2n) is 4.90. The molecule has 1 atom stereocenters. The maximum atomic E-state index is 11.6. The Morgan fingerprint density at radius 3 is 2.00 bits per heavy atom. The van der Waals surface area contributed by atoms with Gasteiger partial charge >= 0.3 is 0 Å². The molecule has 0 bridgehead atoms. The quantitative estimate of drug-likeness (QED) is 0.536. The lowest BCUT2D eigenvalue weighted by Gasteiger charge is -2.12. The van der Waals surface area contributed by atoms with E-state index in [1.54, 1.807) is 12.1 Å². The van der Waals surface area contributed by atoms with Crippen molar-refractivity contribution in [3.8, 4) is 11.1 Å². The minimum atomic E-state index is -3.32. The van der Waals surface area contributed by atoms with Crippen molar-refractivity contribution in [2.75, 3.05) is 6.26 Å². The van der Waals surface area contributed by atoms with Crippen LogP contribution >= 0.6 is 0 Å². The molecule has 0 aromatic heterocycles. The summed E-state index contributed by atoms with van der Waals surface area (Å²) in [5, 5.41) is 11.4. The van der Waals surface area contributed by atoms with E-state index in [2.05, 4.69) is 5.16 Å². The van der Waals surface area contributed by atoms with Gasteiger partial charge in [0.25, 0.3) is 0 Å². The molecule has 21 heavy (non-hydrogen) atoms. The maximum absolute atomic E-state index is 11.6. The highest BCUT2D eigenvalue weighted by molar-refractivity contribution is 7.92. The van der Waals surface area contributed by atoms with Crippen molar-refractivity contribution in [2.45, 2.75) is 12.2 Å². The monoisotopic (exact) mass is 303 g/mol. The number of rotatable bonds is 4. The fraction of sp³-hybridized carbons (Fsp3) is 0.188. The van der Waals surface area contributed by atoms with Crippen LogP contribution in [-0.4, -0.2) is 30.8 Å². The highest BCUT2D eigenvalue weighted by Gasteiger charge is 2.23. The minimum absolute atomic E-state index is 0.150. The molecule has 2 aromatic rings. The van der Waals surface area contributed by atoms with Crippen LogP contribution in [0, 0.1) is 0 Å². The molecule has 0 saturated carbocycles. The van der Waals surface area contributed by atoms with E-state index < -0.39 is 15.1 Å². The molecule has 0 spiro atoms. The van der Waals surface area contributed by atoms with Crippen LogP contribution in [0.3, 0.4) is 0 Å². The third kappa shape index (κ3) is 3.49. The largest absolute Gasteiger partial charge is 0.411 e. The Hall–Kier alpha value is -2.14. The van der Waals surface area contributed by atoms with Crippen molar-refractivity contribution in [1.82, 2.24) is 0 Å². The molecule has 0 aliphatic heterocycles. The lowest BCUT2D eigenvalue weighted by atomic mass is 10.0. The molecule has 0 fully saturated rings. The van der Waals surface area contributed by atoms with Gasteiger partial charge in [-0.15, -0.1) is 0 Å². The van der Waals surface area contributed by atoms with Gasteiger partial charge in [-0.2, -0.15) is 0 Å². The van der Waals surface area contributed by atoms with Gasteiger partial charge in [0.1, 0.15) is 11.0 Å². The van der Waals surface area contributed by atoms with E-state index in [1.807, 2.05) is 42.5 Å². The summed E-state index contributed by atoms with van der Waals surface area (Å²) < 4.78 is 23.2. The van der Waals surface area contributed by atoms with Crippen LogP contribution in [0.2, 0.25) is 0 Å². The van der Waals surface area contributed by atoms with Crippen molar-refractivity contribution in [1.29, 1.82) is 0 Å². The van der Waals surface area contributed by atoms with Gasteiger partial charge in [0, 0.05) is 11.8 Å². The molecular weight excluding hydrogens is 286 g/mol. The van der Waals surface area contributed by atoms with Crippen molar-refractivity contribution < 1.29 is 13.6 Å². The van der Waals surface area contributed by atoms with Gasteiger partial charge in [0.05, 0.1) is 0 Å².